The summed E-state index contributed by atoms with van der Waals surface area (Å²) in [7, 11) is 1.49. The number of unbranched alkanes of at least 4 members (excludes halogenated alkanes) is 38. The molecule has 1 amide bonds. The molecular formula is C76H140N2O7P+. The number of rotatable bonds is 66. The van der Waals surface area contributed by atoms with Gasteiger partial charge in [0, 0.05) is 12.8 Å². The molecule has 9 nitrogen and oxygen atoms in total. The Morgan fingerprint density at radius 2 is 0.709 bits per heavy atom. The summed E-state index contributed by atoms with van der Waals surface area (Å²) in [6, 6.07) is -0.856. The molecule has 0 aliphatic carbocycles. The first-order chi connectivity index (χ1) is 41.9. The fraction of sp³-hybridized carbons (Fsp3) is 0.789. The minimum absolute atomic E-state index is 0.0368. The van der Waals surface area contributed by atoms with Gasteiger partial charge in [-0.25, -0.2) is 4.57 Å². The monoisotopic (exact) mass is 1220 g/mol. The second-order valence-corrected chi connectivity index (χ2v) is 27.2. The van der Waals surface area contributed by atoms with E-state index in [1.165, 1.54) is 205 Å². The third-order valence-corrected chi connectivity index (χ3v) is 17.0. The second kappa shape index (κ2) is 65.2. The summed E-state index contributed by atoms with van der Waals surface area (Å²) in [5.74, 6) is -0.506. The van der Waals surface area contributed by atoms with Crippen molar-refractivity contribution in [1.82, 2.24) is 5.32 Å². The van der Waals surface area contributed by atoms with Gasteiger partial charge in [0.15, 0.2) is 0 Å². The van der Waals surface area contributed by atoms with Crippen LogP contribution in [0.15, 0.2) is 85.1 Å². The van der Waals surface area contributed by atoms with Crippen LogP contribution in [0.25, 0.3) is 0 Å². The summed E-state index contributed by atoms with van der Waals surface area (Å²) in [4.78, 5) is 37.9. The van der Waals surface area contributed by atoms with Crippen molar-refractivity contribution in [3.8, 4) is 0 Å². The van der Waals surface area contributed by atoms with Crippen LogP contribution in [0.2, 0.25) is 0 Å². The normalized spacial score (nSPS) is 14.0. The minimum Gasteiger partial charge on any atom is -0.456 e. The number of phosphoric ester groups is 1. The summed E-state index contributed by atoms with van der Waals surface area (Å²) < 4.78 is 30.8. The summed E-state index contributed by atoms with van der Waals surface area (Å²) in [5, 5.41) is 3.07. The molecule has 86 heavy (non-hydrogen) atoms. The highest BCUT2D eigenvalue weighted by Crippen LogP contribution is 2.43. The number of hydrogen-bond donors (Lipinski definition) is 2. The quantitative estimate of drug-likeness (QED) is 0.0205. The maximum atomic E-state index is 13.6. The molecule has 0 saturated heterocycles. The smallest absolute Gasteiger partial charge is 0.456 e. The number of phosphoric acid groups is 1. The van der Waals surface area contributed by atoms with Gasteiger partial charge in [-0.2, -0.15) is 0 Å². The highest BCUT2D eigenvalue weighted by atomic mass is 31.2. The van der Waals surface area contributed by atoms with Crippen LogP contribution in [0.5, 0.6) is 0 Å². The molecule has 0 saturated carbocycles. The zero-order valence-electron chi connectivity index (χ0n) is 57.3. The van der Waals surface area contributed by atoms with Crippen LogP contribution in [-0.4, -0.2) is 74.3 Å². The number of esters is 1. The van der Waals surface area contributed by atoms with Gasteiger partial charge >= 0.3 is 13.8 Å². The minimum atomic E-state index is -4.46. The van der Waals surface area contributed by atoms with Crippen molar-refractivity contribution in [2.24, 2.45) is 0 Å². The van der Waals surface area contributed by atoms with Gasteiger partial charge in [0.25, 0.3) is 0 Å². The molecule has 0 aromatic rings. The number of amides is 1. The van der Waals surface area contributed by atoms with Crippen LogP contribution in [0.4, 0.5) is 0 Å². The first-order valence-corrected chi connectivity index (χ1v) is 37.9. The van der Waals surface area contributed by atoms with E-state index < -0.39 is 20.0 Å². The Morgan fingerprint density at radius 3 is 1.08 bits per heavy atom. The van der Waals surface area contributed by atoms with Crippen molar-refractivity contribution in [2.75, 3.05) is 40.9 Å². The van der Waals surface area contributed by atoms with Gasteiger partial charge < -0.3 is 19.4 Å². The fourth-order valence-corrected chi connectivity index (χ4v) is 11.2. The third kappa shape index (κ3) is 65.6. The molecule has 0 aromatic carbocycles. The molecule has 0 heterocycles. The van der Waals surface area contributed by atoms with Crippen LogP contribution < -0.4 is 5.32 Å². The molecule has 0 fully saturated rings. The lowest BCUT2D eigenvalue weighted by atomic mass is 10.0. The van der Waals surface area contributed by atoms with Crippen LogP contribution in [0, 0.1) is 0 Å². The maximum absolute atomic E-state index is 13.6. The second-order valence-electron chi connectivity index (χ2n) is 25.8. The van der Waals surface area contributed by atoms with Gasteiger partial charge in [-0.3, -0.25) is 18.6 Å². The van der Waals surface area contributed by atoms with Crippen LogP contribution >= 0.6 is 7.82 Å². The number of quaternary nitrogens is 1. The number of ether oxygens (including phenoxy) is 1. The SMILES string of the molecule is CCCCC/C=C\C/C=C\C/C=C\CCCCCCCCCCCCCCCCC(=O)NC(COP(=O)(O)OCC[N+](C)(C)C)C(/C=C\CCCCCCCCCCCC)OC(=O)CCCCCCCCCC/C=C\C/C=C\C/C=C\CCCCC. The van der Waals surface area contributed by atoms with E-state index in [4.69, 9.17) is 13.8 Å². The van der Waals surface area contributed by atoms with Crippen LogP contribution in [-0.2, 0) is 27.9 Å². The molecule has 10 heteroatoms. The highest BCUT2D eigenvalue weighted by Gasteiger charge is 2.30. The number of nitrogens with zero attached hydrogens (tertiary/aromatic N) is 1. The Morgan fingerprint density at radius 1 is 0.407 bits per heavy atom. The predicted molar refractivity (Wildman–Crippen MR) is 374 cm³/mol. The predicted octanol–water partition coefficient (Wildman–Crippen LogP) is 23.3. The first-order valence-electron chi connectivity index (χ1n) is 36.4. The Kier molecular flexibility index (Phi) is 63.0. The lowest BCUT2D eigenvalue weighted by Crippen LogP contribution is -2.47. The van der Waals surface area contributed by atoms with Gasteiger partial charge in [-0.05, 0) is 109 Å². The molecule has 0 radical (unpaired) electrons. The van der Waals surface area contributed by atoms with Gasteiger partial charge in [0.05, 0.1) is 33.8 Å². The Hall–Kier alpha value is -2.81. The van der Waals surface area contributed by atoms with E-state index >= 15 is 0 Å². The lowest BCUT2D eigenvalue weighted by Gasteiger charge is -2.27. The van der Waals surface area contributed by atoms with Crippen molar-refractivity contribution in [1.29, 1.82) is 0 Å². The topological polar surface area (TPSA) is 111 Å². The van der Waals surface area contributed by atoms with E-state index in [0.717, 1.165) is 96.3 Å². The number of carbonyl (C=O) groups excluding carboxylic acids is 2. The molecule has 3 atom stereocenters. The van der Waals surface area contributed by atoms with Crippen molar-refractivity contribution in [3.63, 3.8) is 0 Å². The van der Waals surface area contributed by atoms with E-state index in [2.05, 4.69) is 99.0 Å². The van der Waals surface area contributed by atoms with Gasteiger partial charge in [-0.15, -0.1) is 0 Å². The summed E-state index contributed by atoms with van der Waals surface area (Å²) >= 11 is 0. The summed E-state index contributed by atoms with van der Waals surface area (Å²) in [6.07, 6.45) is 87.3. The Bertz CT molecular complexity index is 1750. The molecule has 500 valence electrons. The van der Waals surface area contributed by atoms with Crippen LogP contribution in [0.1, 0.15) is 335 Å². The third-order valence-electron chi connectivity index (χ3n) is 16.1. The van der Waals surface area contributed by atoms with Crippen molar-refractivity contribution < 1.29 is 37.3 Å². The summed E-state index contributed by atoms with van der Waals surface area (Å²) in [5.41, 5.74) is 0. The number of allylic oxidation sites excluding steroid dienone is 13. The zero-order chi connectivity index (χ0) is 62.8. The number of likely N-dealkylation sites (N-methyl/N-ethyl adjacent to an activating group) is 1. The fourth-order valence-electron chi connectivity index (χ4n) is 10.4. The van der Waals surface area contributed by atoms with E-state index in [9.17, 15) is 19.0 Å². The van der Waals surface area contributed by atoms with E-state index in [1.54, 1.807) is 0 Å². The number of hydrogen-bond acceptors (Lipinski definition) is 6. The molecule has 3 unspecified atom stereocenters. The molecule has 0 bridgehead atoms. The van der Waals surface area contributed by atoms with Crippen molar-refractivity contribution in [2.45, 2.75) is 348 Å². The standard InChI is InChI=1S/C76H139N2O7P/c1-7-10-13-16-19-22-25-28-30-32-34-36-37-38-39-40-41-43-44-46-48-50-53-56-59-62-65-68-75(79)77-73(72-84-86(81,82)83-71-70-78(4,5)6)74(67-64-61-58-55-52-27-24-21-18-15-12-9-3)85-76(80)69-66-63-60-57-54-51-49-47-45-42-35-33-31-29-26-23-20-17-14-11-8-2/h19-20,22-23,28-31,34-36,42,64,67,73-74H,7-18,21,24-27,32-33,37-41,43-63,65-66,68-72H2,1-6H3,(H-,77,79,81,82)/p+1/b22-19-,23-20-,30-28-,31-29-,36-34-,42-35-,67-64-. The molecule has 2 N–H and O–H groups in total. The molecular weight excluding hydrogens is 1080 g/mol. The molecule has 0 aromatic heterocycles. The van der Waals surface area contributed by atoms with E-state index in [0.29, 0.717) is 17.4 Å². The Labute approximate surface area is 533 Å². The molecule has 0 aliphatic heterocycles. The molecule has 0 aliphatic rings. The zero-order valence-corrected chi connectivity index (χ0v) is 58.2. The van der Waals surface area contributed by atoms with Gasteiger partial charge in [0.2, 0.25) is 5.91 Å². The number of nitrogens with one attached hydrogen (secondary N) is 1. The average Bonchev–Trinajstić information content (AvgIpc) is 3.67. The largest absolute Gasteiger partial charge is 0.472 e. The highest BCUT2D eigenvalue weighted by molar-refractivity contribution is 7.47. The summed E-state index contributed by atoms with van der Waals surface area (Å²) in [6.45, 7) is 6.98. The average molecular weight is 1220 g/mol. The lowest BCUT2D eigenvalue weighted by molar-refractivity contribution is -0.870. The Balaban J connectivity index is 5.03. The molecule has 0 rings (SSSR count). The first kappa shape index (κ1) is 83.2. The van der Waals surface area contributed by atoms with E-state index in [-0.39, 0.29) is 31.5 Å². The van der Waals surface area contributed by atoms with Gasteiger partial charge in [0.1, 0.15) is 19.3 Å². The number of carbonyl (C=O) groups is 2. The van der Waals surface area contributed by atoms with Crippen LogP contribution in [0.3, 0.4) is 0 Å². The van der Waals surface area contributed by atoms with Crippen molar-refractivity contribution in [3.05, 3.63) is 85.1 Å². The van der Waals surface area contributed by atoms with Gasteiger partial charge in [-0.1, -0.05) is 299 Å². The maximum Gasteiger partial charge on any atom is 0.472 e. The van der Waals surface area contributed by atoms with E-state index in [1.807, 2.05) is 33.3 Å². The molecule has 0 spiro atoms. The van der Waals surface area contributed by atoms with Crippen molar-refractivity contribution >= 4 is 19.7 Å².